The molecule has 0 saturated heterocycles. The SMILES string of the molecule is CC1CCC(Nc2ccccc2S(=O)(=O)N(C)C)CC1. The first-order valence-electron chi connectivity index (χ1n) is 7.19. The van der Waals surface area contributed by atoms with Crippen LogP contribution in [0.1, 0.15) is 32.6 Å². The predicted molar refractivity (Wildman–Crippen MR) is 82.4 cm³/mol. The summed E-state index contributed by atoms with van der Waals surface area (Å²) in [6.45, 7) is 2.28. The van der Waals surface area contributed by atoms with Gasteiger partial charge in [0.15, 0.2) is 0 Å². The van der Waals surface area contributed by atoms with E-state index in [1.54, 1.807) is 26.2 Å². The molecule has 1 saturated carbocycles. The van der Waals surface area contributed by atoms with Gasteiger partial charge in [0, 0.05) is 20.1 Å². The summed E-state index contributed by atoms with van der Waals surface area (Å²) in [5.41, 5.74) is 0.723. The van der Waals surface area contributed by atoms with Crippen molar-refractivity contribution in [2.45, 2.75) is 43.5 Å². The zero-order valence-electron chi connectivity index (χ0n) is 12.5. The zero-order chi connectivity index (χ0) is 14.8. The van der Waals surface area contributed by atoms with Crippen LogP contribution in [0.3, 0.4) is 0 Å². The third kappa shape index (κ3) is 3.33. The van der Waals surface area contributed by atoms with Crippen molar-refractivity contribution >= 4 is 15.7 Å². The van der Waals surface area contributed by atoms with E-state index in [2.05, 4.69) is 12.2 Å². The summed E-state index contributed by atoms with van der Waals surface area (Å²) in [6.07, 6.45) is 4.63. The molecule has 1 fully saturated rings. The molecule has 1 aromatic rings. The van der Waals surface area contributed by atoms with Crippen LogP contribution in [0, 0.1) is 5.92 Å². The van der Waals surface area contributed by atoms with E-state index in [1.807, 2.05) is 12.1 Å². The Kier molecular flexibility index (Phi) is 4.70. The number of para-hydroxylation sites is 1. The number of hydrogen-bond donors (Lipinski definition) is 1. The third-order valence-electron chi connectivity index (χ3n) is 4.02. The second kappa shape index (κ2) is 6.14. The van der Waals surface area contributed by atoms with E-state index in [4.69, 9.17) is 0 Å². The van der Waals surface area contributed by atoms with E-state index in [9.17, 15) is 8.42 Å². The highest BCUT2D eigenvalue weighted by Gasteiger charge is 2.23. The lowest BCUT2D eigenvalue weighted by Crippen LogP contribution is -2.28. The fourth-order valence-corrected chi connectivity index (χ4v) is 3.68. The van der Waals surface area contributed by atoms with Crippen LogP contribution in [0.25, 0.3) is 0 Å². The number of rotatable bonds is 4. The van der Waals surface area contributed by atoms with Crippen molar-refractivity contribution in [2.75, 3.05) is 19.4 Å². The molecule has 1 N–H and O–H groups in total. The first kappa shape index (κ1) is 15.3. The van der Waals surface area contributed by atoms with Gasteiger partial charge in [-0.05, 0) is 43.7 Å². The molecule has 2 rings (SSSR count). The van der Waals surface area contributed by atoms with Gasteiger partial charge in [-0.2, -0.15) is 0 Å². The van der Waals surface area contributed by atoms with Gasteiger partial charge in [0.25, 0.3) is 0 Å². The second-order valence-electron chi connectivity index (χ2n) is 5.88. The van der Waals surface area contributed by atoms with Crippen molar-refractivity contribution in [1.82, 2.24) is 4.31 Å². The molecule has 0 spiro atoms. The lowest BCUT2D eigenvalue weighted by molar-refractivity contribution is 0.361. The lowest BCUT2D eigenvalue weighted by atomic mass is 9.87. The molecule has 0 bridgehead atoms. The predicted octanol–water partition coefficient (Wildman–Crippen LogP) is 2.93. The molecule has 0 amide bonds. The van der Waals surface area contributed by atoms with Crippen LogP contribution >= 0.6 is 0 Å². The van der Waals surface area contributed by atoms with Gasteiger partial charge >= 0.3 is 0 Å². The van der Waals surface area contributed by atoms with Gasteiger partial charge in [0.2, 0.25) is 10.0 Å². The summed E-state index contributed by atoms with van der Waals surface area (Å²) in [4.78, 5) is 0.364. The number of hydrogen-bond acceptors (Lipinski definition) is 3. The molecular weight excluding hydrogens is 272 g/mol. The minimum Gasteiger partial charge on any atom is -0.381 e. The van der Waals surface area contributed by atoms with Gasteiger partial charge in [-0.3, -0.25) is 0 Å². The zero-order valence-corrected chi connectivity index (χ0v) is 13.3. The molecule has 20 heavy (non-hydrogen) atoms. The lowest BCUT2D eigenvalue weighted by Gasteiger charge is -2.28. The van der Waals surface area contributed by atoms with Crippen LogP contribution in [0.2, 0.25) is 0 Å². The highest BCUT2D eigenvalue weighted by atomic mass is 32.2. The molecule has 0 atom stereocenters. The highest BCUT2D eigenvalue weighted by Crippen LogP contribution is 2.29. The van der Waals surface area contributed by atoms with Gasteiger partial charge in [0.05, 0.1) is 5.69 Å². The molecule has 0 aromatic heterocycles. The molecule has 112 valence electrons. The Bertz CT molecular complexity index is 547. The Labute approximate surface area is 122 Å². The van der Waals surface area contributed by atoms with Crippen molar-refractivity contribution in [2.24, 2.45) is 5.92 Å². The molecule has 0 aliphatic heterocycles. The summed E-state index contributed by atoms with van der Waals surface area (Å²) in [7, 11) is -0.270. The summed E-state index contributed by atoms with van der Waals surface area (Å²) >= 11 is 0. The van der Waals surface area contributed by atoms with Crippen LogP contribution in [0.4, 0.5) is 5.69 Å². The van der Waals surface area contributed by atoms with E-state index in [0.717, 1.165) is 24.4 Å². The van der Waals surface area contributed by atoms with Gasteiger partial charge in [-0.25, -0.2) is 12.7 Å². The monoisotopic (exact) mass is 296 g/mol. The molecule has 1 aromatic carbocycles. The number of benzene rings is 1. The number of nitrogens with one attached hydrogen (secondary N) is 1. The van der Waals surface area contributed by atoms with E-state index in [-0.39, 0.29) is 0 Å². The Morgan fingerprint density at radius 2 is 1.70 bits per heavy atom. The smallest absolute Gasteiger partial charge is 0.244 e. The first-order valence-corrected chi connectivity index (χ1v) is 8.63. The third-order valence-corrected chi connectivity index (χ3v) is 5.89. The van der Waals surface area contributed by atoms with Crippen molar-refractivity contribution in [1.29, 1.82) is 0 Å². The molecule has 1 aliphatic rings. The molecule has 4 nitrogen and oxygen atoms in total. The van der Waals surface area contributed by atoms with Crippen LogP contribution in [-0.4, -0.2) is 32.9 Å². The van der Waals surface area contributed by atoms with Crippen molar-refractivity contribution in [3.05, 3.63) is 24.3 Å². The molecular formula is C15H24N2O2S. The molecule has 5 heteroatoms. The van der Waals surface area contributed by atoms with E-state index in [0.29, 0.717) is 10.9 Å². The minimum atomic E-state index is -3.40. The van der Waals surface area contributed by atoms with Crippen molar-refractivity contribution in [3.8, 4) is 0 Å². The fourth-order valence-electron chi connectivity index (χ4n) is 2.63. The van der Waals surface area contributed by atoms with Gasteiger partial charge < -0.3 is 5.32 Å². The molecule has 0 unspecified atom stereocenters. The van der Waals surface area contributed by atoms with E-state index >= 15 is 0 Å². The molecule has 0 heterocycles. The Morgan fingerprint density at radius 3 is 2.30 bits per heavy atom. The van der Waals surface area contributed by atoms with Crippen LogP contribution in [-0.2, 0) is 10.0 Å². The summed E-state index contributed by atoms with van der Waals surface area (Å²) in [5.74, 6) is 0.786. The summed E-state index contributed by atoms with van der Waals surface area (Å²) in [6, 6.07) is 7.55. The first-order chi connectivity index (χ1) is 9.41. The Hall–Kier alpha value is -1.07. The number of anilines is 1. The maximum absolute atomic E-state index is 12.3. The minimum absolute atomic E-state index is 0.364. The standard InChI is InChI=1S/C15H24N2O2S/c1-12-8-10-13(11-9-12)16-14-6-4-5-7-15(14)20(18,19)17(2)3/h4-7,12-13,16H,8-11H2,1-3H3. The Balaban J connectivity index is 2.21. The average Bonchev–Trinajstić information content (AvgIpc) is 2.41. The highest BCUT2D eigenvalue weighted by molar-refractivity contribution is 7.89. The van der Waals surface area contributed by atoms with Gasteiger partial charge in [0.1, 0.15) is 4.90 Å². The summed E-state index contributed by atoms with van der Waals surface area (Å²) < 4.78 is 25.9. The maximum Gasteiger partial charge on any atom is 0.244 e. The molecule has 0 radical (unpaired) electrons. The summed E-state index contributed by atoms with van der Waals surface area (Å²) in [5, 5.41) is 3.43. The van der Waals surface area contributed by atoms with Crippen molar-refractivity contribution in [3.63, 3.8) is 0 Å². The largest absolute Gasteiger partial charge is 0.381 e. The number of sulfonamides is 1. The maximum atomic E-state index is 12.3. The second-order valence-corrected chi connectivity index (χ2v) is 8.00. The van der Waals surface area contributed by atoms with Crippen molar-refractivity contribution < 1.29 is 8.42 Å². The quantitative estimate of drug-likeness (QED) is 0.929. The van der Waals surface area contributed by atoms with Crippen LogP contribution in [0.15, 0.2) is 29.2 Å². The van der Waals surface area contributed by atoms with Crippen LogP contribution in [0.5, 0.6) is 0 Å². The van der Waals surface area contributed by atoms with E-state index < -0.39 is 10.0 Å². The fraction of sp³-hybridized carbons (Fsp3) is 0.600. The van der Waals surface area contributed by atoms with Crippen LogP contribution < -0.4 is 5.32 Å². The van der Waals surface area contributed by atoms with Gasteiger partial charge in [-0.15, -0.1) is 0 Å². The normalized spacial score (nSPS) is 23.8. The molecule has 1 aliphatic carbocycles. The van der Waals surface area contributed by atoms with E-state index in [1.165, 1.54) is 17.1 Å². The number of nitrogens with zero attached hydrogens (tertiary/aromatic N) is 1. The Morgan fingerprint density at radius 1 is 1.10 bits per heavy atom. The average molecular weight is 296 g/mol. The topological polar surface area (TPSA) is 49.4 Å². The van der Waals surface area contributed by atoms with Gasteiger partial charge in [-0.1, -0.05) is 19.1 Å².